The van der Waals surface area contributed by atoms with Gasteiger partial charge in [0.2, 0.25) is 0 Å². The van der Waals surface area contributed by atoms with Crippen LogP contribution in [0.1, 0.15) is 25.3 Å². The molecular weight excluding hydrogens is 172 g/mol. The molecule has 0 aromatic heterocycles. The van der Waals surface area contributed by atoms with Gasteiger partial charge in [0.1, 0.15) is 5.78 Å². The van der Waals surface area contributed by atoms with E-state index >= 15 is 0 Å². The minimum Gasteiger partial charge on any atom is -0.299 e. The number of ketones is 1. The lowest BCUT2D eigenvalue weighted by Crippen LogP contribution is -2.08. The van der Waals surface area contributed by atoms with Gasteiger partial charge in [0.25, 0.3) is 0 Å². The molecule has 0 saturated heterocycles. The Bertz CT molecular complexity index is 362. The first kappa shape index (κ1) is 9.20. The van der Waals surface area contributed by atoms with Crippen molar-refractivity contribution in [1.82, 2.24) is 0 Å². The third-order valence-corrected chi connectivity index (χ3v) is 2.79. The Labute approximate surface area is 84.5 Å². The van der Waals surface area contributed by atoms with Crippen molar-refractivity contribution in [1.29, 1.82) is 0 Å². The fraction of sp³-hybridized carbons (Fsp3) is 0.308. The second kappa shape index (κ2) is 3.79. The van der Waals surface area contributed by atoms with Crippen LogP contribution in [0.2, 0.25) is 0 Å². The van der Waals surface area contributed by atoms with Crippen LogP contribution in [0.15, 0.2) is 36.4 Å². The van der Waals surface area contributed by atoms with E-state index in [4.69, 9.17) is 0 Å². The van der Waals surface area contributed by atoms with E-state index in [9.17, 15) is 4.79 Å². The van der Waals surface area contributed by atoms with Crippen LogP contribution in [0, 0.1) is 5.92 Å². The van der Waals surface area contributed by atoms with Gasteiger partial charge in [0.15, 0.2) is 0 Å². The fourth-order valence-corrected chi connectivity index (χ4v) is 2.08. The largest absolute Gasteiger partial charge is 0.299 e. The van der Waals surface area contributed by atoms with Gasteiger partial charge in [-0.3, -0.25) is 4.79 Å². The van der Waals surface area contributed by atoms with Gasteiger partial charge < -0.3 is 0 Å². The summed E-state index contributed by atoms with van der Waals surface area (Å²) in [5.74, 6) is 0.426. The predicted molar refractivity (Wildman–Crippen MR) is 57.8 cm³/mol. The summed E-state index contributed by atoms with van der Waals surface area (Å²) in [6, 6.07) is 10.2. The van der Waals surface area contributed by atoms with Gasteiger partial charge in [-0.2, -0.15) is 0 Å². The Morgan fingerprint density at radius 1 is 1.29 bits per heavy atom. The van der Waals surface area contributed by atoms with Crippen molar-refractivity contribution in [2.24, 2.45) is 5.92 Å². The van der Waals surface area contributed by atoms with Crippen molar-refractivity contribution in [3.05, 3.63) is 42.0 Å². The summed E-state index contributed by atoms with van der Waals surface area (Å²) < 4.78 is 0. The van der Waals surface area contributed by atoms with Crippen LogP contribution in [-0.2, 0) is 4.79 Å². The minimum atomic E-state index is 0.136. The number of allylic oxidation sites excluding steroid dienone is 2. The van der Waals surface area contributed by atoms with E-state index in [1.165, 1.54) is 11.1 Å². The highest BCUT2D eigenvalue weighted by molar-refractivity contribution is 5.92. The van der Waals surface area contributed by atoms with Crippen molar-refractivity contribution in [2.75, 3.05) is 0 Å². The van der Waals surface area contributed by atoms with E-state index in [0.29, 0.717) is 0 Å². The molecule has 1 aromatic rings. The van der Waals surface area contributed by atoms with Gasteiger partial charge in [-0.1, -0.05) is 36.4 Å². The highest BCUT2D eigenvalue weighted by Crippen LogP contribution is 2.33. The molecule has 1 heteroatoms. The van der Waals surface area contributed by atoms with Gasteiger partial charge >= 0.3 is 0 Å². The summed E-state index contributed by atoms with van der Waals surface area (Å²) in [6.45, 7) is 1.69. The Morgan fingerprint density at radius 3 is 2.64 bits per heavy atom. The fourth-order valence-electron chi connectivity index (χ4n) is 2.08. The molecule has 1 unspecified atom stereocenters. The third kappa shape index (κ3) is 1.63. The van der Waals surface area contributed by atoms with E-state index in [1.807, 2.05) is 18.2 Å². The molecule has 0 saturated carbocycles. The molecule has 1 aliphatic rings. The number of rotatable bonds is 2. The monoisotopic (exact) mass is 186 g/mol. The van der Waals surface area contributed by atoms with Crippen LogP contribution in [0.4, 0.5) is 0 Å². The molecule has 0 aliphatic heterocycles. The molecule has 0 radical (unpaired) electrons. The average Bonchev–Trinajstić information content (AvgIpc) is 2.67. The molecule has 2 rings (SSSR count). The summed E-state index contributed by atoms with van der Waals surface area (Å²) in [5.41, 5.74) is 2.42. The number of Topliss-reactive ketones (excluding diaryl/α,β-unsaturated/α-hetero) is 1. The highest BCUT2D eigenvalue weighted by atomic mass is 16.1. The van der Waals surface area contributed by atoms with E-state index in [0.717, 1.165) is 12.8 Å². The molecule has 0 bridgehead atoms. The molecule has 1 nitrogen and oxygen atoms in total. The second-order valence-corrected chi connectivity index (χ2v) is 3.77. The molecule has 1 aliphatic carbocycles. The minimum absolute atomic E-state index is 0.136. The SMILES string of the molecule is CC(=O)C1CCC=C1c1ccccc1. The van der Waals surface area contributed by atoms with E-state index in [-0.39, 0.29) is 11.7 Å². The number of hydrogen-bond acceptors (Lipinski definition) is 1. The van der Waals surface area contributed by atoms with Gasteiger partial charge in [-0.25, -0.2) is 0 Å². The molecule has 0 amide bonds. The van der Waals surface area contributed by atoms with E-state index in [1.54, 1.807) is 6.92 Å². The zero-order valence-electron chi connectivity index (χ0n) is 8.36. The Morgan fingerprint density at radius 2 is 2.00 bits per heavy atom. The molecule has 0 N–H and O–H groups in total. The third-order valence-electron chi connectivity index (χ3n) is 2.79. The second-order valence-electron chi connectivity index (χ2n) is 3.77. The summed E-state index contributed by atoms with van der Waals surface area (Å²) in [6.07, 6.45) is 4.22. The quantitative estimate of drug-likeness (QED) is 0.693. The van der Waals surface area contributed by atoms with Crippen LogP contribution in [0.5, 0.6) is 0 Å². The summed E-state index contributed by atoms with van der Waals surface area (Å²) >= 11 is 0. The Balaban J connectivity index is 2.31. The molecule has 0 heterocycles. The molecule has 14 heavy (non-hydrogen) atoms. The molecule has 0 spiro atoms. The predicted octanol–water partition coefficient (Wildman–Crippen LogP) is 3.07. The number of carbonyl (C=O) groups excluding carboxylic acids is 1. The van der Waals surface area contributed by atoms with Crippen LogP contribution in [0.3, 0.4) is 0 Å². The summed E-state index contributed by atoms with van der Waals surface area (Å²) in [7, 11) is 0. The van der Waals surface area contributed by atoms with Gasteiger partial charge in [-0.05, 0) is 30.9 Å². The summed E-state index contributed by atoms with van der Waals surface area (Å²) in [4.78, 5) is 11.4. The molecular formula is C13H14O. The zero-order chi connectivity index (χ0) is 9.97. The standard InChI is InChI=1S/C13H14O/c1-10(14)12-8-5-9-13(12)11-6-3-2-4-7-11/h2-4,6-7,9,12H,5,8H2,1H3. The van der Waals surface area contributed by atoms with Gasteiger partial charge in [0, 0.05) is 5.92 Å². The lowest BCUT2D eigenvalue weighted by molar-refractivity contribution is -0.119. The molecule has 1 atom stereocenters. The zero-order valence-corrected chi connectivity index (χ0v) is 8.36. The van der Waals surface area contributed by atoms with Gasteiger partial charge in [0.05, 0.1) is 0 Å². The molecule has 72 valence electrons. The maximum atomic E-state index is 11.4. The number of benzene rings is 1. The highest BCUT2D eigenvalue weighted by Gasteiger charge is 2.23. The van der Waals surface area contributed by atoms with Crippen LogP contribution < -0.4 is 0 Å². The van der Waals surface area contributed by atoms with Crippen LogP contribution in [0.25, 0.3) is 5.57 Å². The van der Waals surface area contributed by atoms with E-state index < -0.39 is 0 Å². The first-order chi connectivity index (χ1) is 6.79. The Kier molecular flexibility index (Phi) is 2.49. The smallest absolute Gasteiger partial charge is 0.137 e. The van der Waals surface area contributed by atoms with Crippen molar-refractivity contribution >= 4 is 11.4 Å². The van der Waals surface area contributed by atoms with Gasteiger partial charge in [-0.15, -0.1) is 0 Å². The number of carbonyl (C=O) groups is 1. The van der Waals surface area contributed by atoms with Crippen molar-refractivity contribution in [2.45, 2.75) is 19.8 Å². The summed E-state index contributed by atoms with van der Waals surface area (Å²) in [5, 5.41) is 0. The van der Waals surface area contributed by atoms with Crippen molar-refractivity contribution in [3.8, 4) is 0 Å². The normalized spacial score (nSPS) is 20.6. The van der Waals surface area contributed by atoms with E-state index in [2.05, 4.69) is 18.2 Å². The lowest BCUT2D eigenvalue weighted by atomic mass is 9.92. The molecule has 1 aromatic carbocycles. The maximum Gasteiger partial charge on any atom is 0.137 e. The topological polar surface area (TPSA) is 17.1 Å². The first-order valence-electron chi connectivity index (χ1n) is 5.05. The molecule has 0 fully saturated rings. The van der Waals surface area contributed by atoms with Crippen LogP contribution in [-0.4, -0.2) is 5.78 Å². The maximum absolute atomic E-state index is 11.4. The number of hydrogen-bond donors (Lipinski definition) is 0. The lowest BCUT2D eigenvalue weighted by Gasteiger charge is -2.11. The average molecular weight is 186 g/mol. The van der Waals surface area contributed by atoms with Crippen molar-refractivity contribution in [3.63, 3.8) is 0 Å². The van der Waals surface area contributed by atoms with Crippen molar-refractivity contribution < 1.29 is 4.79 Å². The first-order valence-corrected chi connectivity index (χ1v) is 5.05. The Hall–Kier alpha value is -1.37. The van der Waals surface area contributed by atoms with Crippen LogP contribution >= 0.6 is 0 Å².